The first kappa shape index (κ1) is 13.1. The SMILES string of the molecule is CCNc1cc(COC)nc2c(F)ccc(Cl)c12. The van der Waals surface area contributed by atoms with Gasteiger partial charge in [-0.05, 0) is 25.1 Å². The predicted molar refractivity (Wildman–Crippen MR) is 71.6 cm³/mol. The van der Waals surface area contributed by atoms with Crippen LogP contribution in [-0.4, -0.2) is 18.6 Å². The summed E-state index contributed by atoms with van der Waals surface area (Å²) in [4.78, 5) is 4.24. The molecule has 0 saturated heterocycles. The number of nitrogens with one attached hydrogen (secondary N) is 1. The van der Waals surface area contributed by atoms with Gasteiger partial charge in [0, 0.05) is 24.7 Å². The Morgan fingerprint density at radius 2 is 2.22 bits per heavy atom. The fourth-order valence-corrected chi connectivity index (χ4v) is 2.13. The number of hydrogen-bond acceptors (Lipinski definition) is 3. The average molecular weight is 269 g/mol. The molecule has 0 amide bonds. The minimum absolute atomic E-state index is 0.271. The zero-order chi connectivity index (χ0) is 13.1. The van der Waals surface area contributed by atoms with Crippen LogP contribution in [0, 0.1) is 5.82 Å². The number of aromatic nitrogens is 1. The lowest BCUT2D eigenvalue weighted by Gasteiger charge is -2.12. The maximum atomic E-state index is 13.8. The lowest BCUT2D eigenvalue weighted by Crippen LogP contribution is -2.02. The number of benzene rings is 1. The highest BCUT2D eigenvalue weighted by atomic mass is 35.5. The molecule has 0 atom stereocenters. The van der Waals surface area contributed by atoms with E-state index in [0.29, 0.717) is 22.7 Å². The van der Waals surface area contributed by atoms with Crippen molar-refractivity contribution in [1.82, 2.24) is 4.98 Å². The van der Waals surface area contributed by atoms with E-state index in [1.165, 1.54) is 12.1 Å². The second-order valence-electron chi connectivity index (χ2n) is 3.88. The third kappa shape index (κ3) is 2.40. The molecule has 0 unspecified atom stereocenters. The minimum atomic E-state index is -0.383. The van der Waals surface area contributed by atoms with E-state index in [2.05, 4.69) is 10.3 Å². The highest BCUT2D eigenvalue weighted by Gasteiger charge is 2.12. The highest BCUT2D eigenvalue weighted by molar-refractivity contribution is 6.36. The van der Waals surface area contributed by atoms with Gasteiger partial charge in [-0.25, -0.2) is 9.37 Å². The van der Waals surface area contributed by atoms with Crippen LogP contribution < -0.4 is 5.32 Å². The lowest BCUT2D eigenvalue weighted by molar-refractivity contribution is 0.182. The summed E-state index contributed by atoms with van der Waals surface area (Å²) in [6.07, 6.45) is 0. The van der Waals surface area contributed by atoms with Gasteiger partial charge in [0.1, 0.15) is 11.3 Å². The second-order valence-corrected chi connectivity index (χ2v) is 4.28. The van der Waals surface area contributed by atoms with Crippen molar-refractivity contribution >= 4 is 28.2 Å². The van der Waals surface area contributed by atoms with Crippen LogP contribution in [0.15, 0.2) is 18.2 Å². The van der Waals surface area contributed by atoms with Crippen LogP contribution in [0.2, 0.25) is 5.02 Å². The number of hydrogen-bond donors (Lipinski definition) is 1. The summed E-state index contributed by atoms with van der Waals surface area (Å²) in [6.45, 7) is 3.02. The Morgan fingerprint density at radius 3 is 2.89 bits per heavy atom. The Labute approximate surface area is 110 Å². The van der Waals surface area contributed by atoms with Gasteiger partial charge < -0.3 is 10.1 Å². The van der Waals surface area contributed by atoms with Crippen molar-refractivity contribution in [2.75, 3.05) is 19.0 Å². The summed E-state index contributed by atoms with van der Waals surface area (Å²) in [5.74, 6) is -0.383. The van der Waals surface area contributed by atoms with Crippen LogP contribution in [-0.2, 0) is 11.3 Å². The Bertz CT molecular complexity index is 574. The Kier molecular flexibility index (Phi) is 3.99. The first-order valence-electron chi connectivity index (χ1n) is 5.67. The molecule has 0 fully saturated rings. The van der Waals surface area contributed by atoms with Crippen LogP contribution >= 0.6 is 11.6 Å². The van der Waals surface area contributed by atoms with Crippen molar-refractivity contribution in [2.24, 2.45) is 0 Å². The smallest absolute Gasteiger partial charge is 0.149 e. The molecule has 1 aromatic heterocycles. The van der Waals surface area contributed by atoms with Gasteiger partial charge in [-0.2, -0.15) is 0 Å². The van der Waals surface area contributed by atoms with E-state index in [4.69, 9.17) is 16.3 Å². The topological polar surface area (TPSA) is 34.1 Å². The molecule has 3 nitrogen and oxygen atoms in total. The fourth-order valence-electron chi connectivity index (χ4n) is 1.87. The summed E-state index contributed by atoms with van der Waals surface area (Å²) < 4.78 is 18.9. The number of nitrogens with zero attached hydrogens (tertiary/aromatic N) is 1. The summed E-state index contributed by atoms with van der Waals surface area (Å²) in [5.41, 5.74) is 1.72. The summed E-state index contributed by atoms with van der Waals surface area (Å²) in [6, 6.07) is 4.70. The molecule has 0 aliphatic carbocycles. The van der Waals surface area contributed by atoms with Gasteiger partial charge in [0.05, 0.1) is 17.3 Å². The van der Waals surface area contributed by atoms with Gasteiger partial charge in [-0.1, -0.05) is 11.6 Å². The van der Waals surface area contributed by atoms with Gasteiger partial charge in [-0.15, -0.1) is 0 Å². The lowest BCUT2D eigenvalue weighted by atomic mass is 10.1. The molecule has 5 heteroatoms. The average Bonchev–Trinajstić information content (AvgIpc) is 2.34. The second kappa shape index (κ2) is 5.50. The summed E-state index contributed by atoms with van der Waals surface area (Å²) in [7, 11) is 1.58. The van der Waals surface area contributed by atoms with Gasteiger partial charge in [-0.3, -0.25) is 0 Å². The Morgan fingerprint density at radius 1 is 1.44 bits per heavy atom. The molecule has 2 rings (SSSR count). The number of methoxy groups -OCH3 is 1. The quantitative estimate of drug-likeness (QED) is 0.920. The monoisotopic (exact) mass is 268 g/mol. The van der Waals surface area contributed by atoms with E-state index in [0.717, 1.165) is 12.2 Å². The summed E-state index contributed by atoms with van der Waals surface area (Å²) >= 11 is 6.12. The van der Waals surface area contributed by atoms with E-state index in [1.54, 1.807) is 7.11 Å². The van der Waals surface area contributed by atoms with Crippen molar-refractivity contribution in [3.63, 3.8) is 0 Å². The first-order valence-corrected chi connectivity index (χ1v) is 6.05. The number of ether oxygens (including phenoxy) is 1. The van der Waals surface area contributed by atoms with Crippen molar-refractivity contribution in [3.8, 4) is 0 Å². The van der Waals surface area contributed by atoms with E-state index >= 15 is 0 Å². The highest BCUT2D eigenvalue weighted by Crippen LogP contribution is 2.31. The van der Waals surface area contributed by atoms with Crippen LogP contribution in [0.5, 0.6) is 0 Å². The molecule has 1 N–H and O–H groups in total. The van der Waals surface area contributed by atoms with Gasteiger partial charge in [0.2, 0.25) is 0 Å². The molecule has 0 saturated carbocycles. The molecule has 0 spiro atoms. The molecule has 96 valence electrons. The molecule has 0 aliphatic rings. The van der Waals surface area contributed by atoms with Crippen LogP contribution in [0.25, 0.3) is 10.9 Å². The van der Waals surface area contributed by atoms with Crippen LogP contribution in [0.3, 0.4) is 0 Å². The number of pyridine rings is 1. The number of anilines is 1. The van der Waals surface area contributed by atoms with Crippen LogP contribution in [0.1, 0.15) is 12.6 Å². The van der Waals surface area contributed by atoms with Crippen molar-refractivity contribution < 1.29 is 9.13 Å². The summed E-state index contributed by atoms with van der Waals surface area (Å²) in [5, 5.41) is 4.27. The van der Waals surface area contributed by atoms with Gasteiger partial charge in [0.15, 0.2) is 0 Å². The van der Waals surface area contributed by atoms with Crippen molar-refractivity contribution in [1.29, 1.82) is 0 Å². The third-order valence-electron chi connectivity index (χ3n) is 2.57. The molecule has 18 heavy (non-hydrogen) atoms. The third-order valence-corrected chi connectivity index (χ3v) is 2.89. The number of rotatable bonds is 4. The number of fused-ring (bicyclic) bond motifs is 1. The maximum Gasteiger partial charge on any atom is 0.149 e. The Balaban J connectivity index is 2.72. The van der Waals surface area contributed by atoms with E-state index < -0.39 is 0 Å². The largest absolute Gasteiger partial charge is 0.385 e. The normalized spacial score (nSPS) is 10.9. The predicted octanol–water partition coefficient (Wildman–Crippen LogP) is 3.61. The number of halogens is 2. The molecule has 2 aromatic rings. The molecule has 0 aliphatic heterocycles. The van der Waals surface area contributed by atoms with Crippen molar-refractivity contribution in [3.05, 3.63) is 34.7 Å². The standard InChI is InChI=1S/C13H14ClFN2O/c1-3-16-11-6-8(7-18-2)17-13-10(15)5-4-9(14)12(11)13/h4-6H,3,7H2,1-2H3,(H,16,17). The van der Waals surface area contributed by atoms with Crippen LogP contribution in [0.4, 0.5) is 10.1 Å². The molecule has 1 heterocycles. The van der Waals surface area contributed by atoms with Gasteiger partial charge in [0.25, 0.3) is 0 Å². The Hall–Kier alpha value is -1.39. The van der Waals surface area contributed by atoms with E-state index in [-0.39, 0.29) is 11.3 Å². The van der Waals surface area contributed by atoms with Crippen molar-refractivity contribution in [2.45, 2.75) is 13.5 Å². The molecular weight excluding hydrogens is 255 g/mol. The molecule has 0 radical (unpaired) electrons. The molecular formula is C13H14ClFN2O. The first-order chi connectivity index (χ1) is 8.67. The maximum absolute atomic E-state index is 13.8. The van der Waals surface area contributed by atoms with Gasteiger partial charge >= 0.3 is 0 Å². The fraction of sp³-hybridized carbons (Fsp3) is 0.308. The van der Waals surface area contributed by atoms with E-state index in [9.17, 15) is 4.39 Å². The zero-order valence-corrected chi connectivity index (χ0v) is 11.0. The minimum Gasteiger partial charge on any atom is -0.385 e. The zero-order valence-electron chi connectivity index (χ0n) is 10.3. The molecule has 0 bridgehead atoms. The molecule has 1 aromatic carbocycles. The van der Waals surface area contributed by atoms with E-state index in [1.807, 2.05) is 13.0 Å².